The van der Waals surface area contributed by atoms with E-state index in [9.17, 15) is 4.39 Å². The molecule has 1 heterocycles. The van der Waals surface area contributed by atoms with Crippen LogP contribution in [-0.2, 0) is 0 Å². The van der Waals surface area contributed by atoms with Crippen LogP contribution in [0.2, 0.25) is 5.02 Å². The summed E-state index contributed by atoms with van der Waals surface area (Å²) in [5.41, 5.74) is 6.69. The zero-order chi connectivity index (χ0) is 11.7. The monoisotopic (exact) mass is 255 g/mol. The first-order valence-corrected chi connectivity index (χ1v) is 6.04. The molecule has 2 aromatic rings. The van der Waals surface area contributed by atoms with E-state index in [-0.39, 0.29) is 11.9 Å². The number of rotatable bonds is 2. The Kier molecular flexibility index (Phi) is 3.28. The van der Waals surface area contributed by atoms with Gasteiger partial charge in [-0.05, 0) is 42.8 Å². The summed E-state index contributed by atoms with van der Waals surface area (Å²) in [6.07, 6.45) is 0. The Morgan fingerprint density at radius 1 is 1.31 bits per heavy atom. The van der Waals surface area contributed by atoms with E-state index in [2.05, 4.69) is 0 Å². The highest BCUT2D eigenvalue weighted by Crippen LogP contribution is 2.30. The lowest BCUT2D eigenvalue weighted by atomic mass is 10.1. The third-order valence-electron chi connectivity index (χ3n) is 2.36. The molecule has 1 atom stereocenters. The van der Waals surface area contributed by atoms with Crippen LogP contribution in [0.4, 0.5) is 4.39 Å². The van der Waals surface area contributed by atoms with Crippen LogP contribution in [-0.4, -0.2) is 0 Å². The van der Waals surface area contributed by atoms with E-state index in [1.54, 1.807) is 11.3 Å². The highest BCUT2D eigenvalue weighted by Gasteiger charge is 2.14. The zero-order valence-electron chi connectivity index (χ0n) is 8.71. The summed E-state index contributed by atoms with van der Waals surface area (Å²) in [6, 6.07) is 7.84. The quantitative estimate of drug-likeness (QED) is 0.866. The van der Waals surface area contributed by atoms with Gasteiger partial charge in [-0.25, -0.2) is 4.39 Å². The van der Waals surface area contributed by atoms with Gasteiger partial charge in [-0.2, -0.15) is 0 Å². The maximum absolute atomic E-state index is 13.1. The van der Waals surface area contributed by atoms with E-state index in [4.69, 9.17) is 17.3 Å². The van der Waals surface area contributed by atoms with Crippen LogP contribution in [0.3, 0.4) is 0 Å². The molecular formula is C12H11ClFNS. The minimum Gasteiger partial charge on any atom is -0.320 e. The first-order valence-electron chi connectivity index (χ1n) is 4.85. The second-order valence-corrected chi connectivity index (χ2v) is 5.32. The number of halogens is 2. The molecule has 0 saturated carbocycles. The van der Waals surface area contributed by atoms with E-state index < -0.39 is 0 Å². The van der Waals surface area contributed by atoms with E-state index >= 15 is 0 Å². The lowest BCUT2D eigenvalue weighted by molar-refractivity contribution is 0.624. The Morgan fingerprint density at radius 2 is 2.06 bits per heavy atom. The number of hydrogen-bond acceptors (Lipinski definition) is 2. The van der Waals surface area contributed by atoms with Crippen LogP contribution in [0, 0.1) is 12.7 Å². The molecule has 0 aliphatic rings. The third-order valence-corrected chi connectivity index (χ3v) is 3.79. The molecular weight excluding hydrogens is 245 g/mol. The van der Waals surface area contributed by atoms with Crippen molar-refractivity contribution in [3.8, 4) is 0 Å². The fourth-order valence-corrected chi connectivity index (χ4v) is 2.66. The minimum atomic E-state index is -0.359. The summed E-state index contributed by atoms with van der Waals surface area (Å²) < 4.78 is 13.1. The summed E-state index contributed by atoms with van der Waals surface area (Å²) in [7, 11) is 0. The summed E-state index contributed by atoms with van der Waals surface area (Å²) >= 11 is 7.60. The Bertz CT molecular complexity index is 509. The van der Waals surface area contributed by atoms with Gasteiger partial charge in [0.2, 0.25) is 0 Å². The van der Waals surface area contributed by atoms with Crippen molar-refractivity contribution in [2.45, 2.75) is 13.0 Å². The SMILES string of the molecule is Cc1ccc(C(N)c2cc(F)ccc2Cl)s1. The molecule has 2 N–H and O–H groups in total. The smallest absolute Gasteiger partial charge is 0.123 e. The van der Waals surface area contributed by atoms with Crippen molar-refractivity contribution in [2.75, 3.05) is 0 Å². The second-order valence-electron chi connectivity index (χ2n) is 3.59. The first kappa shape index (κ1) is 11.6. The van der Waals surface area contributed by atoms with E-state index in [0.717, 1.165) is 4.88 Å². The predicted molar refractivity (Wildman–Crippen MR) is 66.5 cm³/mol. The molecule has 1 unspecified atom stereocenters. The fraction of sp³-hybridized carbons (Fsp3) is 0.167. The molecule has 1 aromatic heterocycles. The molecule has 0 bridgehead atoms. The number of hydrogen-bond donors (Lipinski definition) is 1. The molecule has 16 heavy (non-hydrogen) atoms. The van der Waals surface area contributed by atoms with Crippen molar-refractivity contribution in [2.24, 2.45) is 5.73 Å². The topological polar surface area (TPSA) is 26.0 Å². The van der Waals surface area contributed by atoms with Gasteiger partial charge in [0, 0.05) is 14.8 Å². The Morgan fingerprint density at radius 3 is 2.69 bits per heavy atom. The van der Waals surface area contributed by atoms with Gasteiger partial charge in [-0.15, -0.1) is 11.3 Å². The van der Waals surface area contributed by atoms with Crippen molar-refractivity contribution >= 4 is 22.9 Å². The van der Waals surface area contributed by atoms with E-state index in [1.165, 1.54) is 23.1 Å². The average molecular weight is 256 g/mol. The number of aryl methyl sites for hydroxylation is 1. The summed E-state index contributed by atoms with van der Waals surface area (Å²) in [6.45, 7) is 2.01. The van der Waals surface area contributed by atoms with Crippen LogP contribution in [0.25, 0.3) is 0 Å². The van der Waals surface area contributed by atoms with Crippen LogP contribution in [0.15, 0.2) is 30.3 Å². The van der Waals surface area contributed by atoms with Gasteiger partial charge in [0.05, 0.1) is 6.04 Å². The molecule has 0 fully saturated rings. The molecule has 0 aliphatic carbocycles. The molecule has 84 valence electrons. The van der Waals surface area contributed by atoms with Gasteiger partial charge >= 0.3 is 0 Å². The van der Waals surface area contributed by atoms with Crippen LogP contribution < -0.4 is 5.73 Å². The lowest BCUT2D eigenvalue weighted by Crippen LogP contribution is -2.11. The first-order chi connectivity index (χ1) is 7.58. The number of benzene rings is 1. The van der Waals surface area contributed by atoms with Crippen molar-refractivity contribution < 1.29 is 4.39 Å². The van der Waals surface area contributed by atoms with Crippen LogP contribution >= 0.6 is 22.9 Å². The number of nitrogens with two attached hydrogens (primary N) is 1. The van der Waals surface area contributed by atoms with Gasteiger partial charge in [-0.1, -0.05) is 11.6 Å². The molecule has 0 spiro atoms. The van der Waals surface area contributed by atoms with Crippen molar-refractivity contribution in [3.63, 3.8) is 0 Å². The largest absolute Gasteiger partial charge is 0.320 e. The molecule has 1 nitrogen and oxygen atoms in total. The van der Waals surface area contributed by atoms with Gasteiger partial charge in [0.1, 0.15) is 5.82 Å². The number of thiophene rings is 1. The van der Waals surface area contributed by atoms with Crippen LogP contribution in [0.1, 0.15) is 21.4 Å². The zero-order valence-corrected chi connectivity index (χ0v) is 10.3. The van der Waals surface area contributed by atoms with Crippen molar-refractivity contribution in [1.82, 2.24) is 0 Å². The van der Waals surface area contributed by atoms with Crippen LogP contribution in [0.5, 0.6) is 0 Å². The Hall–Kier alpha value is -0.900. The highest BCUT2D eigenvalue weighted by molar-refractivity contribution is 7.12. The maximum Gasteiger partial charge on any atom is 0.123 e. The predicted octanol–water partition coefficient (Wildman–Crippen LogP) is 3.90. The van der Waals surface area contributed by atoms with Gasteiger partial charge in [-0.3, -0.25) is 0 Å². The van der Waals surface area contributed by atoms with Gasteiger partial charge in [0.25, 0.3) is 0 Å². The van der Waals surface area contributed by atoms with Crippen molar-refractivity contribution in [3.05, 3.63) is 56.5 Å². The van der Waals surface area contributed by atoms with Gasteiger partial charge < -0.3 is 5.73 Å². The van der Waals surface area contributed by atoms with Crippen molar-refractivity contribution in [1.29, 1.82) is 0 Å². The highest BCUT2D eigenvalue weighted by atomic mass is 35.5. The summed E-state index contributed by atoms with van der Waals surface area (Å²) in [4.78, 5) is 2.17. The lowest BCUT2D eigenvalue weighted by Gasteiger charge is -2.11. The molecule has 2 rings (SSSR count). The molecule has 0 radical (unpaired) electrons. The normalized spacial score (nSPS) is 12.8. The standard InChI is InChI=1S/C12H11ClFNS/c1-7-2-5-11(16-7)12(15)9-6-8(14)3-4-10(9)13/h2-6,12H,15H2,1H3. The molecule has 0 aliphatic heterocycles. The Balaban J connectivity index is 2.40. The minimum absolute atomic E-state index is 0.317. The maximum atomic E-state index is 13.1. The molecule has 4 heteroatoms. The molecule has 0 saturated heterocycles. The molecule has 1 aromatic carbocycles. The fourth-order valence-electron chi connectivity index (χ4n) is 1.53. The molecule has 0 amide bonds. The summed E-state index contributed by atoms with van der Waals surface area (Å²) in [5.74, 6) is -0.317. The second kappa shape index (κ2) is 4.53. The Labute approximate surface area is 103 Å². The van der Waals surface area contributed by atoms with Gasteiger partial charge in [0.15, 0.2) is 0 Å². The van der Waals surface area contributed by atoms with E-state index in [0.29, 0.717) is 10.6 Å². The summed E-state index contributed by atoms with van der Waals surface area (Å²) in [5, 5.41) is 0.500. The average Bonchev–Trinajstić information content (AvgIpc) is 2.67. The van der Waals surface area contributed by atoms with E-state index in [1.807, 2.05) is 19.1 Å². The third kappa shape index (κ3) is 2.26.